The molecular formula is C38H43NO4. The summed E-state index contributed by atoms with van der Waals surface area (Å²) < 4.78 is 25.4. The van der Waals surface area contributed by atoms with E-state index in [1.165, 1.54) is 0 Å². The van der Waals surface area contributed by atoms with Gasteiger partial charge in [-0.15, -0.1) is 13.2 Å². The van der Waals surface area contributed by atoms with Crippen LogP contribution in [0.2, 0.25) is 0 Å². The Bertz CT molecular complexity index is 1200. The van der Waals surface area contributed by atoms with Crippen molar-refractivity contribution in [2.75, 3.05) is 13.1 Å². The molecule has 0 fully saturated rings. The van der Waals surface area contributed by atoms with Crippen molar-refractivity contribution in [2.45, 2.75) is 50.8 Å². The van der Waals surface area contributed by atoms with Gasteiger partial charge >= 0.3 is 0 Å². The molecule has 4 aromatic carbocycles. The van der Waals surface area contributed by atoms with Crippen molar-refractivity contribution in [3.05, 3.63) is 169 Å². The van der Waals surface area contributed by atoms with Crippen molar-refractivity contribution < 1.29 is 18.9 Å². The standard InChI is InChI=1S/C38H43NO4/c1-3-35(40-27-31-17-9-5-10-18-31)37(42-29-33-21-13-7-14-22-33)25-39-26-38(43-30-34-23-15-8-16-24-34)36(4-2)41-28-32-19-11-6-12-20-32/h3-24,35-39H,1-2,25-30H2/t35-,36-,37+,38+/m1/s1. The minimum atomic E-state index is -0.315. The number of rotatable bonds is 20. The Balaban J connectivity index is 1.41. The zero-order valence-corrected chi connectivity index (χ0v) is 24.8. The fourth-order valence-electron chi connectivity index (χ4n) is 4.65. The van der Waals surface area contributed by atoms with Crippen LogP contribution in [0.15, 0.2) is 147 Å². The lowest BCUT2D eigenvalue weighted by Crippen LogP contribution is -2.44. The molecule has 43 heavy (non-hydrogen) atoms. The molecule has 4 atom stereocenters. The fraction of sp³-hybridized carbons (Fsp3) is 0.263. The third kappa shape index (κ3) is 11.4. The van der Waals surface area contributed by atoms with Crippen LogP contribution < -0.4 is 5.32 Å². The van der Waals surface area contributed by atoms with E-state index >= 15 is 0 Å². The predicted molar refractivity (Wildman–Crippen MR) is 173 cm³/mol. The van der Waals surface area contributed by atoms with Crippen molar-refractivity contribution in [1.82, 2.24) is 5.32 Å². The second-order valence-corrected chi connectivity index (χ2v) is 10.3. The molecule has 0 saturated heterocycles. The number of benzene rings is 4. The van der Waals surface area contributed by atoms with Gasteiger partial charge in [-0.05, 0) is 22.3 Å². The smallest absolute Gasteiger partial charge is 0.103 e. The largest absolute Gasteiger partial charge is 0.369 e. The van der Waals surface area contributed by atoms with Crippen LogP contribution in [0.5, 0.6) is 0 Å². The monoisotopic (exact) mass is 577 g/mol. The van der Waals surface area contributed by atoms with E-state index in [1.54, 1.807) is 0 Å². The molecule has 0 radical (unpaired) electrons. The molecule has 0 heterocycles. The van der Waals surface area contributed by atoms with Crippen LogP contribution in [-0.4, -0.2) is 37.5 Å². The fourth-order valence-corrected chi connectivity index (χ4v) is 4.65. The summed E-state index contributed by atoms with van der Waals surface area (Å²) in [4.78, 5) is 0. The zero-order valence-electron chi connectivity index (χ0n) is 24.8. The Hall–Kier alpha value is -3.84. The molecule has 0 saturated carbocycles. The van der Waals surface area contributed by atoms with Gasteiger partial charge < -0.3 is 24.3 Å². The van der Waals surface area contributed by atoms with E-state index in [4.69, 9.17) is 18.9 Å². The van der Waals surface area contributed by atoms with Gasteiger partial charge in [0, 0.05) is 13.1 Å². The van der Waals surface area contributed by atoms with Crippen molar-refractivity contribution in [3.8, 4) is 0 Å². The highest BCUT2D eigenvalue weighted by Gasteiger charge is 2.24. The van der Waals surface area contributed by atoms with E-state index in [0.717, 1.165) is 22.3 Å². The zero-order chi connectivity index (χ0) is 30.0. The maximum Gasteiger partial charge on any atom is 0.103 e. The minimum absolute atomic E-state index is 0.274. The van der Waals surface area contributed by atoms with Gasteiger partial charge in [0.05, 0.1) is 26.4 Å². The van der Waals surface area contributed by atoms with E-state index in [0.29, 0.717) is 39.5 Å². The summed E-state index contributed by atoms with van der Waals surface area (Å²) in [6, 6.07) is 40.6. The summed E-state index contributed by atoms with van der Waals surface area (Å²) in [7, 11) is 0. The summed E-state index contributed by atoms with van der Waals surface area (Å²) in [6.07, 6.45) is 2.46. The summed E-state index contributed by atoms with van der Waals surface area (Å²) in [5.41, 5.74) is 4.40. The van der Waals surface area contributed by atoms with Gasteiger partial charge in [-0.2, -0.15) is 0 Å². The molecule has 0 spiro atoms. The molecule has 5 nitrogen and oxygen atoms in total. The number of hydrogen-bond acceptors (Lipinski definition) is 5. The second kappa shape index (κ2) is 18.6. The van der Waals surface area contributed by atoms with Gasteiger partial charge in [-0.25, -0.2) is 0 Å². The molecule has 1 N–H and O–H groups in total. The van der Waals surface area contributed by atoms with E-state index in [1.807, 2.05) is 84.9 Å². The molecule has 224 valence electrons. The Morgan fingerprint density at radius 1 is 0.442 bits per heavy atom. The van der Waals surface area contributed by atoms with Crippen LogP contribution in [0.4, 0.5) is 0 Å². The quantitative estimate of drug-likeness (QED) is 0.112. The Labute approximate surface area is 256 Å². The highest BCUT2D eigenvalue weighted by molar-refractivity contribution is 5.16. The molecule has 0 aromatic heterocycles. The molecule has 0 amide bonds. The van der Waals surface area contributed by atoms with E-state index in [-0.39, 0.29) is 24.4 Å². The SMILES string of the molecule is C=C[C@@H](OCc1ccccc1)[C@H](CNC[C@H](OCc1ccccc1)[C@@H](C=C)OCc1ccccc1)OCc1ccccc1. The Morgan fingerprint density at radius 3 is 1.00 bits per heavy atom. The second-order valence-electron chi connectivity index (χ2n) is 10.3. The van der Waals surface area contributed by atoms with Crippen molar-refractivity contribution in [1.29, 1.82) is 0 Å². The van der Waals surface area contributed by atoms with Gasteiger partial charge in [0.1, 0.15) is 24.4 Å². The van der Waals surface area contributed by atoms with Gasteiger partial charge in [0.15, 0.2) is 0 Å². The lowest BCUT2D eigenvalue weighted by molar-refractivity contribution is -0.0746. The van der Waals surface area contributed by atoms with Crippen molar-refractivity contribution in [3.63, 3.8) is 0 Å². The third-order valence-corrected chi connectivity index (χ3v) is 7.07. The molecule has 0 aliphatic carbocycles. The van der Waals surface area contributed by atoms with Crippen LogP contribution in [-0.2, 0) is 45.4 Å². The van der Waals surface area contributed by atoms with Crippen LogP contribution in [0, 0.1) is 0 Å². The normalized spacial score (nSPS) is 14.0. The molecule has 0 aliphatic heterocycles. The van der Waals surface area contributed by atoms with Crippen LogP contribution in [0.3, 0.4) is 0 Å². The molecule has 0 unspecified atom stereocenters. The van der Waals surface area contributed by atoms with Crippen LogP contribution in [0.1, 0.15) is 22.3 Å². The lowest BCUT2D eigenvalue weighted by atomic mass is 10.1. The molecule has 0 aliphatic rings. The van der Waals surface area contributed by atoms with Crippen LogP contribution >= 0.6 is 0 Å². The van der Waals surface area contributed by atoms with Crippen LogP contribution in [0.25, 0.3) is 0 Å². The summed E-state index contributed by atoms with van der Waals surface area (Å²) in [5.74, 6) is 0. The first kappa shape index (κ1) is 32.1. The lowest BCUT2D eigenvalue weighted by Gasteiger charge is -2.29. The average molecular weight is 578 g/mol. The first-order valence-corrected chi connectivity index (χ1v) is 14.8. The predicted octanol–water partition coefficient (Wildman–Crippen LogP) is 7.29. The van der Waals surface area contributed by atoms with Gasteiger partial charge in [0.25, 0.3) is 0 Å². The number of nitrogens with one attached hydrogen (secondary N) is 1. The first-order valence-electron chi connectivity index (χ1n) is 14.8. The van der Waals surface area contributed by atoms with E-state index < -0.39 is 0 Å². The summed E-state index contributed by atoms with van der Waals surface area (Å²) in [6.45, 7) is 11.1. The van der Waals surface area contributed by atoms with Crippen molar-refractivity contribution in [2.24, 2.45) is 0 Å². The summed E-state index contributed by atoms with van der Waals surface area (Å²) >= 11 is 0. The maximum absolute atomic E-state index is 6.42. The van der Waals surface area contributed by atoms with E-state index in [9.17, 15) is 0 Å². The number of hydrogen-bond donors (Lipinski definition) is 1. The summed E-state index contributed by atoms with van der Waals surface area (Å²) in [5, 5.41) is 3.58. The molecular weight excluding hydrogens is 534 g/mol. The number of ether oxygens (including phenoxy) is 4. The Kier molecular flexibility index (Phi) is 13.9. The first-order chi connectivity index (χ1) is 21.2. The van der Waals surface area contributed by atoms with Gasteiger partial charge in [-0.1, -0.05) is 133 Å². The van der Waals surface area contributed by atoms with Gasteiger partial charge in [-0.3, -0.25) is 0 Å². The highest BCUT2D eigenvalue weighted by atomic mass is 16.5. The molecule has 0 bridgehead atoms. The van der Waals surface area contributed by atoms with Gasteiger partial charge in [0.2, 0.25) is 0 Å². The highest BCUT2D eigenvalue weighted by Crippen LogP contribution is 2.15. The van der Waals surface area contributed by atoms with Crippen molar-refractivity contribution >= 4 is 0 Å². The third-order valence-electron chi connectivity index (χ3n) is 7.07. The maximum atomic E-state index is 6.42. The topological polar surface area (TPSA) is 49.0 Å². The molecule has 4 rings (SSSR count). The Morgan fingerprint density at radius 2 is 0.721 bits per heavy atom. The minimum Gasteiger partial charge on any atom is -0.369 e. The molecule has 5 heteroatoms. The average Bonchev–Trinajstić information content (AvgIpc) is 3.07. The molecule has 4 aromatic rings. The van der Waals surface area contributed by atoms with E-state index in [2.05, 4.69) is 67.0 Å².